The van der Waals surface area contributed by atoms with Gasteiger partial charge in [0.1, 0.15) is 0 Å². The summed E-state index contributed by atoms with van der Waals surface area (Å²) >= 11 is 0. The van der Waals surface area contributed by atoms with Gasteiger partial charge in [-0.1, -0.05) is 76.1 Å². The molecule has 0 aliphatic carbocycles. The average molecular weight is 291 g/mol. The first-order valence-electron chi connectivity index (χ1n) is 8.76. The SMILES string of the molecule is CCCCCCCCCCc1ccc(CNCCO)cc1. The molecule has 2 N–H and O–H groups in total. The lowest BCUT2D eigenvalue weighted by atomic mass is 10.0. The molecule has 0 spiro atoms. The molecule has 2 heteroatoms. The predicted octanol–water partition coefficient (Wildman–Crippen LogP) is 4.45. The fourth-order valence-electron chi connectivity index (χ4n) is 2.60. The van der Waals surface area contributed by atoms with E-state index >= 15 is 0 Å². The van der Waals surface area contributed by atoms with Gasteiger partial charge in [-0.15, -0.1) is 0 Å². The smallest absolute Gasteiger partial charge is 0.0556 e. The lowest BCUT2D eigenvalue weighted by molar-refractivity contribution is 0.292. The molecule has 1 rings (SSSR count). The highest BCUT2D eigenvalue weighted by Gasteiger charge is 1.96. The summed E-state index contributed by atoms with van der Waals surface area (Å²) < 4.78 is 0. The minimum atomic E-state index is 0.205. The molecule has 0 aliphatic heterocycles. The highest BCUT2D eigenvalue weighted by Crippen LogP contribution is 2.12. The second-order valence-electron chi connectivity index (χ2n) is 5.94. The van der Waals surface area contributed by atoms with Crippen molar-refractivity contribution in [1.29, 1.82) is 0 Å². The molecule has 0 aromatic heterocycles. The molecule has 21 heavy (non-hydrogen) atoms. The fraction of sp³-hybridized carbons (Fsp3) is 0.684. The standard InChI is InChI=1S/C19H33NO/c1-2-3-4-5-6-7-8-9-10-18-11-13-19(14-12-18)17-20-15-16-21/h11-14,20-21H,2-10,15-17H2,1H3. The molecular formula is C19H33NO. The highest BCUT2D eigenvalue weighted by atomic mass is 16.3. The van der Waals surface area contributed by atoms with E-state index in [0.717, 1.165) is 6.54 Å². The Morgan fingerprint density at radius 2 is 1.38 bits per heavy atom. The number of hydrogen-bond donors (Lipinski definition) is 2. The van der Waals surface area contributed by atoms with Crippen LogP contribution in [0.25, 0.3) is 0 Å². The van der Waals surface area contributed by atoms with Crippen molar-refractivity contribution in [2.75, 3.05) is 13.2 Å². The topological polar surface area (TPSA) is 32.3 Å². The van der Waals surface area contributed by atoms with E-state index in [-0.39, 0.29) is 6.61 Å². The summed E-state index contributed by atoms with van der Waals surface area (Å²) in [4.78, 5) is 0. The van der Waals surface area contributed by atoms with Gasteiger partial charge >= 0.3 is 0 Å². The Morgan fingerprint density at radius 3 is 2.00 bits per heavy atom. The average Bonchev–Trinajstić information content (AvgIpc) is 2.52. The Bertz CT molecular complexity index is 334. The van der Waals surface area contributed by atoms with E-state index in [1.165, 1.54) is 68.9 Å². The minimum absolute atomic E-state index is 0.205. The maximum atomic E-state index is 8.73. The van der Waals surface area contributed by atoms with Crippen LogP contribution < -0.4 is 5.32 Å². The number of nitrogens with one attached hydrogen (secondary N) is 1. The summed E-state index contributed by atoms with van der Waals surface area (Å²) in [5.41, 5.74) is 2.75. The van der Waals surface area contributed by atoms with E-state index < -0.39 is 0 Å². The zero-order valence-electron chi connectivity index (χ0n) is 13.7. The number of unbranched alkanes of at least 4 members (excludes halogenated alkanes) is 7. The summed E-state index contributed by atoms with van der Waals surface area (Å²) in [5, 5.41) is 11.9. The van der Waals surface area contributed by atoms with Gasteiger partial charge in [0.2, 0.25) is 0 Å². The van der Waals surface area contributed by atoms with E-state index in [9.17, 15) is 0 Å². The summed E-state index contributed by atoms with van der Waals surface area (Å²) in [5.74, 6) is 0. The number of benzene rings is 1. The van der Waals surface area contributed by atoms with E-state index in [0.29, 0.717) is 6.54 Å². The molecule has 0 saturated carbocycles. The number of aryl methyl sites for hydroxylation is 1. The lowest BCUT2D eigenvalue weighted by Gasteiger charge is -2.06. The van der Waals surface area contributed by atoms with Crippen LogP contribution in [0.5, 0.6) is 0 Å². The van der Waals surface area contributed by atoms with Crippen LogP contribution in [0.15, 0.2) is 24.3 Å². The van der Waals surface area contributed by atoms with Gasteiger partial charge in [-0.3, -0.25) is 0 Å². The molecule has 0 radical (unpaired) electrons. The van der Waals surface area contributed by atoms with Crippen molar-refractivity contribution in [3.8, 4) is 0 Å². The van der Waals surface area contributed by atoms with E-state index in [4.69, 9.17) is 5.11 Å². The Kier molecular flexibility index (Phi) is 11.1. The minimum Gasteiger partial charge on any atom is -0.395 e. The molecule has 0 unspecified atom stereocenters. The van der Waals surface area contributed by atoms with Crippen molar-refractivity contribution in [1.82, 2.24) is 5.32 Å². The zero-order valence-corrected chi connectivity index (χ0v) is 13.7. The van der Waals surface area contributed by atoms with Gasteiger partial charge in [0, 0.05) is 13.1 Å². The maximum Gasteiger partial charge on any atom is 0.0556 e. The second-order valence-corrected chi connectivity index (χ2v) is 5.94. The van der Waals surface area contributed by atoms with Crippen LogP contribution in [0.2, 0.25) is 0 Å². The Morgan fingerprint density at radius 1 is 0.810 bits per heavy atom. The first-order valence-corrected chi connectivity index (χ1v) is 8.76. The summed E-state index contributed by atoms with van der Waals surface area (Å²) in [7, 11) is 0. The van der Waals surface area contributed by atoms with Crippen LogP contribution in [0.1, 0.15) is 69.4 Å². The molecular weight excluding hydrogens is 258 g/mol. The molecule has 120 valence electrons. The molecule has 1 aromatic rings. The van der Waals surface area contributed by atoms with Crippen LogP contribution in [0.4, 0.5) is 0 Å². The molecule has 1 aromatic carbocycles. The molecule has 0 atom stereocenters. The van der Waals surface area contributed by atoms with Crippen molar-refractivity contribution < 1.29 is 5.11 Å². The number of aliphatic hydroxyl groups is 1. The third-order valence-corrected chi connectivity index (χ3v) is 3.96. The molecule has 0 saturated heterocycles. The van der Waals surface area contributed by atoms with Gasteiger partial charge in [-0.25, -0.2) is 0 Å². The van der Waals surface area contributed by atoms with E-state index in [1.807, 2.05) is 0 Å². The molecule has 0 heterocycles. The highest BCUT2D eigenvalue weighted by molar-refractivity contribution is 5.22. The van der Waals surface area contributed by atoms with Crippen molar-refractivity contribution in [2.24, 2.45) is 0 Å². The predicted molar refractivity (Wildman–Crippen MR) is 91.5 cm³/mol. The van der Waals surface area contributed by atoms with Crippen molar-refractivity contribution in [2.45, 2.75) is 71.3 Å². The zero-order chi connectivity index (χ0) is 15.2. The molecule has 0 bridgehead atoms. The number of rotatable bonds is 13. The third-order valence-electron chi connectivity index (χ3n) is 3.96. The normalized spacial score (nSPS) is 11.0. The van der Waals surface area contributed by atoms with Gasteiger partial charge in [0.15, 0.2) is 0 Å². The molecule has 0 fully saturated rings. The Balaban J connectivity index is 2.04. The van der Waals surface area contributed by atoms with Crippen LogP contribution in [-0.2, 0) is 13.0 Å². The summed E-state index contributed by atoms with van der Waals surface area (Å²) in [6.07, 6.45) is 12.3. The van der Waals surface area contributed by atoms with Crippen molar-refractivity contribution in [3.05, 3.63) is 35.4 Å². The molecule has 0 amide bonds. The number of hydrogen-bond acceptors (Lipinski definition) is 2. The second kappa shape index (κ2) is 12.8. The molecule has 0 aliphatic rings. The third kappa shape index (κ3) is 9.65. The van der Waals surface area contributed by atoms with Gasteiger partial charge in [-0.05, 0) is 24.0 Å². The maximum absolute atomic E-state index is 8.73. The van der Waals surface area contributed by atoms with Gasteiger partial charge < -0.3 is 10.4 Å². The largest absolute Gasteiger partial charge is 0.395 e. The van der Waals surface area contributed by atoms with Crippen LogP contribution in [0.3, 0.4) is 0 Å². The summed E-state index contributed by atoms with van der Waals surface area (Å²) in [6, 6.07) is 8.89. The van der Waals surface area contributed by atoms with E-state index in [1.54, 1.807) is 0 Å². The number of aliphatic hydroxyl groups excluding tert-OH is 1. The van der Waals surface area contributed by atoms with Crippen LogP contribution in [0, 0.1) is 0 Å². The van der Waals surface area contributed by atoms with Crippen LogP contribution in [-0.4, -0.2) is 18.3 Å². The van der Waals surface area contributed by atoms with Crippen molar-refractivity contribution >= 4 is 0 Å². The van der Waals surface area contributed by atoms with Gasteiger partial charge in [0.25, 0.3) is 0 Å². The first kappa shape index (κ1) is 18.2. The van der Waals surface area contributed by atoms with Gasteiger partial charge in [0.05, 0.1) is 6.61 Å². The Labute approximate surface area is 131 Å². The quantitative estimate of drug-likeness (QED) is 0.526. The monoisotopic (exact) mass is 291 g/mol. The Hall–Kier alpha value is -0.860. The van der Waals surface area contributed by atoms with E-state index in [2.05, 4.69) is 36.5 Å². The summed E-state index contributed by atoms with van der Waals surface area (Å²) in [6.45, 7) is 3.99. The van der Waals surface area contributed by atoms with Gasteiger partial charge in [-0.2, -0.15) is 0 Å². The lowest BCUT2D eigenvalue weighted by Crippen LogP contribution is -2.17. The first-order chi connectivity index (χ1) is 10.4. The van der Waals surface area contributed by atoms with Crippen LogP contribution >= 0.6 is 0 Å². The van der Waals surface area contributed by atoms with Crippen molar-refractivity contribution in [3.63, 3.8) is 0 Å². The fourth-order valence-corrected chi connectivity index (χ4v) is 2.60. The molecule has 2 nitrogen and oxygen atoms in total.